The summed E-state index contributed by atoms with van der Waals surface area (Å²) in [6.45, 7) is 6.58. The second kappa shape index (κ2) is 7.53. The van der Waals surface area contributed by atoms with Gasteiger partial charge in [-0.25, -0.2) is 9.67 Å². The van der Waals surface area contributed by atoms with E-state index >= 15 is 0 Å². The van der Waals surface area contributed by atoms with Crippen LogP contribution in [0.5, 0.6) is 0 Å². The SMILES string of the molecule is Cc1nc(C)n(CC2CCCN2CC(=O)NCc2cccnc2)n1. The van der Waals surface area contributed by atoms with Crippen LogP contribution in [0.25, 0.3) is 0 Å². The molecule has 2 aromatic rings. The van der Waals surface area contributed by atoms with Crippen LogP contribution in [-0.2, 0) is 17.9 Å². The van der Waals surface area contributed by atoms with E-state index in [0.29, 0.717) is 19.1 Å². The summed E-state index contributed by atoms with van der Waals surface area (Å²) in [6, 6.07) is 4.18. The lowest BCUT2D eigenvalue weighted by atomic mass is 10.2. The molecule has 0 aliphatic carbocycles. The maximum absolute atomic E-state index is 12.2. The number of aryl methyl sites for hydroxylation is 2. The molecule has 2 aromatic heterocycles. The Kier molecular flexibility index (Phi) is 5.20. The number of carbonyl (C=O) groups excluding carboxylic acids is 1. The molecular formula is C17H24N6O. The maximum Gasteiger partial charge on any atom is 0.234 e. The third-order valence-corrected chi connectivity index (χ3v) is 4.40. The van der Waals surface area contributed by atoms with Crippen LogP contribution in [0.3, 0.4) is 0 Å². The normalized spacial score (nSPS) is 18.0. The molecule has 0 radical (unpaired) electrons. The van der Waals surface area contributed by atoms with Crippen LogP contribution in [0.4, 0.5) is 0 Å². The van der Waals surface area contributed by atoms with Gasteiger partial charge in [0.1, 0.15) is 11.6 Å². The van der Waals surface area contributed by atoms with E-state index in [0.717, 1.165) is 43.1 Å². The smallest absolute Gasteiger partial charge is 0.234 e. The van der Waals surface area contributed by atoms with Crippen LogP contribution in [-0.4, -0.2) is 49.7 Å². The highest BCUT2D eigenvalue weighted by atomic mass is 16.2. The molecule has 0 aromatic carbocycles. The molecule has 1 fully saturated rings. The van der Waals surface area contributed by atoms with Gasteiger partial charge in [-0.1, -0.05) is 6.07 Å². The molecule has 0 saturated carbocycles. The molecule has 1 saturated heterocycles. The minimum Gasteiger partial charge on any atom is -0.351 e. The highest BCUT2D eigenvalue weighted by Crippen LogP contribution is 2.18. The van der Waals surface area contributed by atoms with E-state index in [4.69, 9.17) is 0 Å². The summed E-state index contributed by atoms with van der Waals surface area (Å²) in [4.78, 5) is 22.9. The lowest BCUT2D eigenvalue weighted by molar-refractivity contribution is -0.122. The first-order valence-electron chi connectivity index (χ1n) is 8.39. The van der Waals surface area contributed by atoms with Crippen molar-refractivity contribution >= 4 is 5.91 Å². The number of nitrogens with one attached hydrogen (secondary N) is 1. The summed E-state index contributed by atoms with van der Waals surface area (Å²) < 4.78 is 1.95. The number of carbonyl (C=O) groups is 1. The standard InChI is InChI=1S/C17H24N6O/c1-13-20-14(2)23(21-13)11-16-6-4-8-22(16)12-17(24)19-10-15-5-3-7-18-9-15/h3,5,7,9,16H,4,6,8,10-12H2,1-2H3,(H,19,24). The minimum atomic E-state index is 0.0530. The van der Waals surface area contributed by atoms with E-state index in [1.54, 1.807) is 12.4 Å². The van der Waals surface area contributed by atoms with Crippen molar-refractivity contribution in [3.05, 3.63) is 41.7 Å². The van der Waals surface area contributed by atoms with Crippen molar-refractivity contribution in [3.63, 3.8) is 0 Å². The van der Waals surface area contributed by atoms with Gasteiger partial charge in [-0.15, -0.1) is 0 Å². The van der Waals surface area contributed by atoms with Crippen LogP contribution in [0.1, 0.15) is 30.1 Å². The monoisotopic (exact) mass is 328 g/mol. The lowest BCUT2D eigenvalue weighted by Crippen LogP contribution is -2.41. The summed E-state index contributed by atoms with van der Waals surface area (Å²) >= 11 is 0. The Balaban J connectivity index is 1.52. The summed E-state index contributed by atoms with van der Waals surface area (Å²) in [5.41, 5.74) is 1.01. The third kappa shape index (κ3) is 4.17. The molecule has 128 valence electrons. The molecule has 3 heterocycles. The Morgan fingerprint density at radius 1 is 1.42 bits per heavy atom. The van der Waals surface area contributed by atoms with Gasteiger partial charge in [-0.2, -0.15) is 5.10 Å². The van der Waals surface area contributed by atoms with Crippen LogP contribution in [0, 0.1) is 13.8 Å². The minimum absolute atomic E-state index is 0.0530. The number of likely N-dealkylation sites (tertiary alicyclic amines) is 1. The van der Waals surface area contributed by atoms with Crippen molar-refractivity contribution in [1.29, 1.82) is 0 Å². The number of hydrogen-bond donors (Lipinski definition) is 1. The number of nitrogens with zero attached hydrogens (tertiary/aromatic N) is 5. The Bertz CT molecular complexity index is 684. The van der Waals surface area contributed by atoms with E-state index in [9.17, 15) is 4.79 Å². The molecule has 24 heavy (non-hydrogen) atoms. The summed E-state index contributed by atoms with van der Waals surface area (Å²) in [5.74, 6) is 1.78. The van der Waals surface area contributed by atoms with Crippen molar-refractivity contribution < 1.29 is 4.79 Å². The van der Waals surface area contributed by atoms with Crippen LogP contribution in [0.2, 0.25) is 0 Å². The Hall–Kier alpha value is -2.28. The zero-order chi connectivity index (χ0) is 16.9. The Labute approximate surface area is 142 Å². The highest BCUT2D eigenvalue weighted by molar-refractivity contribution is 5.78. The summed E-state index contributed by atoms with van der Waals surface area (Å²) in [5, 5.41) is 7.41. The van der Waals surface area contributed by atoms with Crippen LogP contribution >= 0.6 is 0 Å². The highest BCUT2D eigenvalue weighted by Gasteiger charge is 2.27. The van der Waals surface area contributed by atoms with Crippen LogP contribution in [0.15, 0.2) is 24.5 Å². The van der Waals surface area contributed by atoms with Gasteiger partial charge in [-0.05, 0) is 44.9 Å². The summed E-state index contributed by atoms with van der Waals surface area (Å²) in [7, 11) is 0. The molecule has 1 aliphatic rings. The Morgan fingerprint density at radius 2 is 2.29 bits per heavy atom. The molecular weight excluding hydrogens is 304 g/mol. The van der Waals surface area contributed by atoms with Crippen molar-refractivity contribution in [2.45, 2.75) is 45.8 Å². The average Bonchev–Trinajstić information content (AvgIpc) is 3.13. The molecule has 1 aliphatic heterocycles. The fourth-order valence-corrected chi connectivity index (χ4v) is 3.19. The van der Waals surface area contributed by atoms with E-state index in [-0.39, 0.29) is 5.91 Å². The topological polar surface area (TPSA) is 75.9 Å². The molecule has 1 unspecified atom stereocenters. The largest absolute Gasteiger partial charge is 0.351 e. The van der Waals surface area contributed by atoms with Crippen LogP contribution < -0.4 is 5.32 Å². The van der Waals surface area contributed by atoms with E-state index < -0.39 is 0 Å². The number of hydrogen-bond acceptors (Lipinski definition) is 5. The third-order valence-electron chi connectivity index (χ3n) is 4.40. The van der Waals surface area contributed by atoms with Crippen molar-refractivity contribution in [2.75, 3.05) is 13.1 Å². The molecule has 0 bridgehead atoms. The second-order valence-electron chi connectivity index (χ2n) is 6.29. The van der Waals surface area contributed by atoms with Crippen molar-refractivity contribution in [2.24, 2.45) is 0 Å². The molecule has 3 rings (SSSR count). The van der Waals surface area contributed by atoms with Gasteiger partial charge in [0.2, 0.25) is 5.91 Å². The first kappa shape index (κ1) is 16.6. The Morgan fingerprint density at radius 3 is 3.00 bits per heavy atom. The van der Waals surface area contributed by atoms with E-state index in [1.807, 2.05) is 30.7 Å². The number of rotatable bonds is 6. The molecule has 7 heteroatoms. The predicted molar refractivity (Wildman–Crippen MR) is 90.2 cm³/mol. The quantitative estimate of drug-likeness (QED) is 0.858. The fourth-order valence-electron chi connectivity index (χ4n) is 3.19. The number of amides is 1. The van der Waals surface area contributed by atoms with Gasteiger partial charge in [0.05, 0.1) is 13.1 Å². The zero-order valence-electron chi connectivity index (χ0n) is 14.3. The average molecular weight is 328 g/mol. The number of aromatic nitrogens is 4. The molecule has 7 nitrogen and oxygen atoms in total. The first-order chi connectivity index (χ1) is 11.6. The van der Waals surface area contributed by atoms with Crippen molar-refractivity contribution in [3.8, 4) is 0 Å². The zero-order valence-corrected chi connectivity index (χ0v) is 14.3. The van der Waals surface area contributed by atoms with Crippen molar-refractivity contribution in [1.82, 2.24) is 30.0 Å². The van der Waals surface area contributed by atoms with Gasteiger partial charge in [0.15, 0.2) is 0 Å². The summed E-state index contributed by atoms with van der Waals surface area (Å²) in [6.07, 6.45) is 5.71. The van der Waals surface area contributed by atoms with Gasteiger partial charge in [-0.3, -0.25) is 14.7 Å². The number of pyridine rings is 1. The van der Waals surface area contributed by atoms with Gasteiger partial charge < -0.3 is 5.32 Å². The predicted octanol–water partition coefficient (Wildman–Crippen LogP) is 1.07. The van der Waals surface area contributed by atoms with E-state index in [1.165, 1.54) is 0 Å². The van der Waals surface area contributed by atoms with Gasteiger partial charge in [0.25, 0.3) is 0 Å². The fraction of sp³-hybridized carbons (Fsp3) is 0.529. The second-order valence-corrected chi connectivity index (χ2v) is 6.29. The van der Waals surface area contributed by atoms with Gasteiger partial charge >= 0.3 is 0 Å². The molecule has 0 spiro atoms. The first-order valence-corrected chi connectivity index (χ1v) is 8.39. The van der Waals surface area contributed by atoms with E-state index in [2.05, 4.69) is 25.3 Å². The molecule has 1 N–H and O–H groups in total. The maximum atomic E-state index is 12.2. The lowest BCUT2D eigenvalue weighted by Gasteiger charge is -2.24. The molecule has 1 amide bonds. The van der Waals surface area contributed by atoms with Gasteiger partial charge in [0, 0.05) is 25.0 Å². The molecule has 1 atom stereocenters.